The standard InChI is InChI=1S/C13H7ClFN3O2/c14-9-2-1-5-16-11(9)12-17-13(20-18-12)8-6-7(15)3-4-10(8)19/h1-6,19H. The minimum atomic E-state index is -0.520. The molecule has 0 saturated carbocycles. The van der Waals surface area contributed by atoms with Gasteiger partial charge in [0, 0.05) is 6.20 Å². The van der Waals surface area contributed by atoms with E-state index in [1.54, 1.807) is 12.1 Å². The minimum Gasteiger partial charge on any atom is -0.507 e. The molecular weight excluding hydrogens is 285 g/mol. The van der Waals surface area contributed by atoms with Crippen molar-refractivity contribution in [3.8, 4) is 28.7 Å². The summed E-state index contributed by atoms with van der Waals surface area (Å²) in [6.07, 6.45) is 1.54. The molecule has 7 heteroatoms. The van der Waals surface area contributed by atoms with Crippen LogP contribution in [0.5, 0.6) is 5.75 Å². The average Bonchev–Trinajstić information content (AvgIpc) is 2.91. The normalized spacial score (nSPS) is 10.7. The predicted molar refractivity (Wildman–Crippen MR) is 69.6 cm³/mol. The van der Waals surface area contributed by atoms with Crippen LogP contribution in [-0.4, -0.2) is 20.2 Å². The fourth-order valence-electron chi connectivity index (χ4n) is 1.66. The van der Waals surface area contributed by atoms with Crippen LogP contribution >= 0.6 is 11.6 Å². The van der Waals surface area contributed by atoms with E-state index in [9.17, 15) is 9.50 Å². The summed E-state index contributed by atoms with van der Waals surface area (Å²) in [6, 6.07) is 6.76. The molecule has 0 bridgehead atoms. The fourth-order valence-corrected chi connectivity index (χ4v) is 1.86. The Kier molecular flexibility index (Phi) is 3.08. The summed E-state index contributed by atoms with van der Waals surface area (Å²) in [6.45, 7) is 0. The third kappa shape index (κ3) is 2.21. The number of aromatic hydroxyl groups is 1. The first-order valence-corrected chi connectivity index (χ1v) is 5.96. The number of hydrogen-bond donors (Lipinski definition) is 1. The lowest BCUT2D eigenvalue weighted by Gasteiger charge is -1.98. The molecule has 2 aromatic heterocycles. The largest absolute Gasteiger partial charge is 0.507 e. The Morgan fingerprint density at radius 2 is 2.10 bits per heavy atom. The van der Waals surface area contributed by atoms with Crippen molar-refractivity contribution in [2.75, 3.05) is 0 Å². The zero-order valence-electron chi connectivity index (χ0n) is 9.92. The Hall–Kier alpha value is -2.47. The molecule has 0 radical (unpaired) electrons. The molecule has 3 rings (SSSR count). The number of pyridine rings is 1. The third-order valence-corrected chi connectivity index (χ3v) is 2.89. The zero-order valence-corrected chi connectivity index (χ0v) is 10.7. The average molecular weight is 292 g/mol. The zero-order chi connectivity index (χ0) is 14.1. The van der Waals surface area contributed by atoms with Gasteiger partial charge in [-0.1, -0.05) is 16.8 Å². The van der Waals surface area contributed by atoms with Crippen LogP contribution in [0.2, 0.25) is 5.02 Å². The topological polar surface area (TPSA) is 72.0 Å². The quantitative estimate of drug-likeness (QED) is 0.784. The number of halogens is 2. The van der Waals surface area contributed by atoms with E-state index in [0.29, 0.717) is 10.7 Å². The van der Waals surface area contributed by atoms with Crippen molar-refractivity contribution >= 4 is 11.6 Å². The molecule has 0 amide bonds. The van der Waals surface area contributed by atoms with Crippen LogP contribution in [0.1, 0.15) is 0 Å². The van der Waals surface area contributed by atoms with Gasteiger partial charge in [-0.3, -0.25) is 4.98 Å². The highest BCUT2D eigenvalue weighted by Gasteiger charge is 2.17. The molecule has 1 aromatic carbocycles. The van der Waals surface area contributed by atoms with Crippen molar-refractivity contribution in [1.82, 2.24) is 15.1 Å². The van der Waals surface area contributed by atoms with Gasteiger partial charge in [0.1, 0.15) is 17.3 Å². The molecule has 0 unspecified atom stereocenters. The summed E-state index contributed by atoms with van der Waals surface area (Å²) in [4.78, 5) is 8.10. The van der Waals surface area contributed by atoms with Gasteiger partial charge >= 0.3 is 0 Å². The summed E-state index contributed by atoms with van der Waals surface area (Å²) >= 11 is 5.98. The SMILES string of the molecule is Oc1ccc(F)cc1-c1nc(-c2ncccc2Cl)no1. The van der Waals surface area contributed by atoms with Crippen molar-refractivity contribution in [3.63, 3.8) is 0 Å². The maximum Gasteiger partial charge on any atom is 0.262 e. The van der Waals surface area contributed by atoms with Crippen molar-refractivity contribution in [1.29, 1.82) is 0 Å². The predicted octanol–water partition coefficient (Wildman–Crippen LogP) is 3.30. The molecule has 0 spiro atoms. The number of hydrogen-bond acceptors (Lipinski definition) is 5. The molecule has 3 aromatic rings. The molecule has 0 saturated heterocycles. The van der Waals surface area contributed by atoms with Gasteiger partial charge in [-0.15, -0.1) is 0 Å². The number of phenols is 1. The number of benzene rings is 1. The maximum absolute atomic E-state index is 13.2. The van der Waals surface area contributed by atoms with Crippen LogP contribution in [0.3, 0.4) is 0 Å². The number of nitrogens with zero attached hydrogens (tertiary/aromatic N) is 3. The van der Waals surface area contributed by atoms with Crippen LogP contribution < -0.4 is 0 Å². The van der Waals surface area contributed by atoms with Gasteiger partial charge in [0.15, 0.2) is 0 Å². The Morgan fingerprint density at radius 1 is 1.25 bits per heavy atom. The van der Waals surface area contributed by atoms with E-state index < -0.39 is 5.82 Å². The Bertz CT molecular complexity index is 776. The van der Waals surface area contributed by atoms with E-state index in [1.807, 2.05) is 0 Å². The van der Waals surface area contributed by atoms with Crippen LogP contribution in [0.15, 0.2) is 41.1 Å². The highest BCUT2D eigenvalue weighted by Crippen LogP contribution is 2.30. The second kappa shape index (κ2) is 4.90. The van der Waals surface area contributed by atoms with Gasteiger partial charge < -0.3 is 9.63 Å². The maximum atomic E-state index is 13.2. The first-order valence-electron chi connectivity index (χ1n) is 5.58. The molecular formula is C13H7ClFN3O2. The lowest BCUT2D eigenvalue weighted by atomic mass is 10.2. The summed E-state index contributed by atoms with van der Waals surface area (Å²) in [5, 5.41) is 13.8. The molecule has 2 heterocycles. The van der Waals surface area contributed by atoms with E-state index in [2.05, 4.69) is 15.1 Å². The molecule has 5 nitrogen and oxygen atoms in total. The van der Waals surface area contributed by atoms with Gasteiger partial charge in [-0.2, -0.15) is 4.98 Å². The lowest BCUT2D eigenvalue weighted by molar-refractivity contribution is 0.425. The number of phenolic OH excluding ortho intramolecular Hbond substituents is 1. The van der Waals surface area contributed by atoms with E-state index in [4.69, 9.17) is 16.1 Å². The Morgan fingerprint density at radius 3 is 2.90 bits per heavy atom. The van der Waals surface area contributed by atoms with Crippen molar-refractivity contribution < 1.29 is 14.0 Å². The van der Waals surface area contributed by atoms with Crippen LogP contribution in [0.4, 0.5) is 4.39 Å². The fraction of sp³-hybridized carbons (Fsp3) is 0. The van der Waals surface area contributed by atoms with Gasteiger partial charge in [-0.05, 0) is 30.3 Å². The highest BCUT2D eigenvalue weighted by molar-refractivity contribution is 6.32. The van der Waals surface area contributed by atoms with Gasteiger partial charge in [0.25, 0.3) is 5.89 Å². The highest BCUT2D eigenvalue weighted by atomic mass is 35.5. The van der Waals surface area contributed by atoms with Crippen molar-refractivity contribution in [2.45, 2.75) is 0 Å². The molecule has 100 valence electrons. The summed E-state index contributed by atoms with van der Waals surface area (Å²) in [7, 11) is 0. The number of aromatic nitrogens is 3. The molecule has 0 atom stereocenters. The first kappa shape index (κ1) is 12.6. The molecule has 20 heavy (non-hydrogen) atoms. The Labute approximate surface area is 117 Å². The van der Waals surface area contributed by atoms with Crippen LogP contribution in [-0.2, 0) is 0 Å². The summed E-state index contributed by atoms with van der Waals surface area (Å²) in [5.41, 5.74) is 0.455. The number of rotatable bonds is 2. The third-order valence-electron chi connectivity index (χ3n) is 2.59. The molecule has 0 fully saturated rings. The lowest BCUT2D eigenvalue weighted by Crippen LogP contribution is -1.87. The molecule has 0 aliphatic heterocycles. The van der Waals surface area contributed by atoms with Gasteiger partial charge in [-0.25, -0.2) is 4.39 Å². The van der Waals surface area contributed by atoms with E-state index >= 15 is 0 Å². The van der Waals surface area contributed by atoms with E-state index in [1.165, 1.54) is 12.3 Å². The monoisotopic (exact) mass is 291 g/mol. The van der Waals surface area contributed by atoms with Crippen molar-refractivity contribution in [3.05, 3.63) is 47.4 Å². The first-order chi connectivity index (χ1) is 9.65. The second-order valence-corrected chi connectivity index (χ2v) is 4.33. The van der Waals surface area contributed by atoms with E-state index in [0.717, 1.165) is 12.1 Å². The van der Waals surface area contributed by atoms with Gasteiger partial charge in [0.2, 0.25) is 5.82 Å². The molecule has 1 N–H and O–H groups in total. The second-order valence-electron chi connectivity index (χ2n) is 3.92. The van der Waals surface area contributed by atoms with E-state index in [-0.39, 0.29) is 23.0 Å². The Balaban J connectivity index is 2.07. The summed E-state index contributed by atoms with van der Waals surface area (Å²) in [5.74, 6) is -0.532. The molecule has 0 aliphatic rings. The van der Waals surface area contributed by atoms with Gasteiger partial charge in [0.05, 0.1) is 10.6 Å². The van der Waals surface area contributed by atoms with Crippen LogP contribution in [0, 0.1) is 5.82 Å². The summed E-state index contributed by atoms with van der Waals surface area (Å²) < 4.78 is 18.2. The van der Waals surface area contributed by atoms with Crippen molar-refractivity contribution in [2.24, 2.45) is 0 Å². The molecule has 0 aliphatic carbocycles. The smallest absolute Gasteiger partial charge is 0.262 e. The van der Waals surface area contributed by atoms with Crippen LogP contribution in [0.25, 0.3) is 23.0 Å². The minimum absolute atomic E-state index is 0.0151.